The molecule has 0 aromatic heterocycles. The zero-order chi connectivity index (χ0) is 66.6. The van der Waals surface area contributed by atoms with Crippen molar-refractivity contribution in [2.75, 3.05) is 39.6 Å². The molecule has 0 spiro atoms. The molecule has 0 rings (SSSR count). The number of esters is 4. The number of ether oxygens (including phenoxy) is 4. The van der Waals surface area contributed by atoms with Crippen LogP contribution in [0.15, 0.2) is 0 Å². The minimum atomic E-state index is -4.95. The van der Waals surface area contributed by atoms with Gasteiger partial charge >= 0.3 is 39.5 Å². The Morgan fingerprint density at radius 1 is 0.300 bits per heavy atom. The monoisotopic (exact) mass is 1320 g/mol. The van der Waals surface area contributed by atoms with Gasteiger partial charge in [0.25, 0.3) is 0 Å². The fourth-order valence-electron chi connectivity index (χ4n) is 10.7. The van der Waals surface area contributed by atoms with Crippen LogP contribution in [0, 0.1) is 17.8 Å². The molecule has 0 aromatic carbocycles. The van der Waals surface area contributed by atoms with E-state index in [1.807, 2.05) is 0 Å². The van der Waals surface area contributed by atoms with Gasteiger partial charge in [0.1, 0.15) is 19.3 Å². The molecule has 0 aliphatic heterocycles. The lowest BCUT2D eigenvalue weighted by Gasteiger charge is -2.21. The number of hydrogen-bond acceptors (Lipinski definition) is 15. The molecule has 0 saturated heterocycles. The van der Waals surface area contributed by atoms with Gasteiger partial charge in [0.15, 0.2) is 12.2 Å². The van der Waals surface area contributed by atoms with E-state index >= 15 is 0 Å². The number of unbranched alkanes of at least 4 members (excludes halogenated alkanes) is 37. The van der Waals surface area contributed by atoms with Crippen molar-refractivity contribution in [3.63, 3.8) is 0 Å². The van der Waals surface area contributed by atoms with Gasteiger partial charge in [-0.05, 0) is 43.4 Å². The van der Waals surface area contributed by atoms with E-state index in [9.17, 15) is 43.2 Å². The standard InChI is InChI=1S/C71H138O17P2/c1-8-9-10-11-12-23-30-38-45-52-68(73)81-59-67(88-71(76)55-48-41-34-33-37-44-51-64(6)7)61-86-90(79,80)84-57-65(72)56-83-89(77,78)85-60-66(58-82-69(74)53-46-39-31-26-22-21-25-29-36-43-50-63(4)5)87-70(75)54-47-40-32-27-20-18-16-14-13-15-17-19-24-28-35-42-49-62(2)3/h62-67,72H,8-61H2,1-7H3,(H,77,78)(H,79,80)/t65-,66-,67-/m1/s1. The number of aliphatic hydroxyl groups is 1. The van der Waals surface area contributed by atoms with E-state index in [1.54, 1.807) is 0 Å². The summed E-state index contributed by atoms with van der Waals surface area (Å²) in [5.74, 6) is 0.107. The molecular formula is C71H138O17P2. The molecule has 0 aliphatic rings. The summed E-state index contributed by atoms with van der Waals surface area (Å²) in [6, 6.07) is 0. The Morgan fingerprint density at radius 3 is 0.756 bits per heavy atom. The molecule has 0 radical (unpaired) electrons. The Morgan fingerprint density at radius 2 is 0.511 bits per heavy atom. The first-order chi connectivity index (χ1) is 43.2. The zero-order valence-electron chi connectivity index (χ0n) is 58.6. The van der Waals surface area contributed by atoms with E-state index in [0.29, 0.717) is 31.6 Å². The van der Waals surface area contributed by atoms with Gasteiger partial charge in [0.05, 0.1) is 26.4 Å². The third kappa shape index (κ3) is 64.8. The summed E-state index contributed by atoms with van der Waals surface area (Å²) in [5, 5.41) is 10.6. The summed E-state index contributed by atoms with van der Waals surface area (Å²) in [6.45, 7) is 11.8. The second-order valence-corrected chi connectivity index (χ2v) is 30.0. The predicted molar refractivity (Wildman–Crippen MR) is 363 cm³/mol. The van der Waals surface area contributed by atoms with E-state index in [0.717, 1.165) is 102 Å². The fourth-order valence-corrected chi connectivity index (χ4v) is 12.3. The van der Waals surface area contributed by atoms with Gasteiger partial charge in [-0.25, -0.2) is 9.13 Å². The highest BCUT2D eigenvalue weighted by Gasteiger charge is 2.30. The zero-order valence-corrected chi connectivity index (χ0v) is 60.4. The topological polar surface area (TPSA) is 237 Å². The van der Waals surface area contributed by atoms with Gasteiger partial charge in [-0.15, -0.1) is 0 Å². The largest absolute Gasteiger partial charge is 0.472 e. The van der Waals surface area contributed by atoms with Gasteiger partial charge in [0, 0.05) is 25.7 Å². The van der Waals surface area contributed by atoms with Crippen LogP contribution in [0.1, 0.15) is 357 Å². The number of phosphoric ester groups is 2. The van der Waals surface area contributed by atoms with Crippen molar-refractivity contribution in [2.45, 2.75) is 375 Å². The van der Waals surface area contributed by atoms with E-state index in [2.05, 4.69) is 48.5 Å². The molecule has 3 N–H and O–H groups in total. The van der Waals surface area contributed by atoms with E-state index in [-0.39, 0.29) is 25.7 Å². The predicted octanol–water partition coefficient (Wildman–Crippen LogP) is 20.2. The van der Waals surface area contributed by atoms with Crippen molar-refractivity contribution < 1.29 is 80.2 Å². The SMILES string of the molecule is CCCCCCCCCCCC(=O)OC[C@H](COP(=O)(O)OC[C@H](O)COP(=O)(O)OC[C@@H](COC(=O)CCCCCCCCCCCCC(C)C)OC(=O)CCCCCCCCCCCCCCCCCCC(C)C)OC(=O)CCCCCCCCC(C)C. The lowest BCUT2D eigenvalue weighted by Crippen LogP contribution is -2.30. The molecule has 0 aliphatic carbocycles. The summed E-state index contributed by atoms with van der Waals surface area (Å²) in [4.78, 5) is 72.5. The Balaban J connectivity index is 5.19. The van der Waals surface area contributed by atoms with Crippen molar-refractivity contribution in [2.24, 2.45) is 17.8 Å². The van der Waals surface area contributed by atoms with Crippen LogP contribution >= 0.6 is 15.6 Å². The number of carbonyl (C=O) groups excluding carboxylic acids is 4. The molecular weight excluding hydrogens is 1190 g/mol. The fraction of sp³-hybridized carbons (Fsp3) is 0.944. The third-order valence-electron chi connectivity index (χ3n) is 16.4. The van der Waals surface area contributed by atoms with Gasteiger partial charge < -0.3 is 33.8 Å². The molecule has 0 bridgehead atoms. The lowest BCUT2D eigenvalue weighted by atomic mass is 10.0. The second kappa shape index (κ2) is 61.9. The maximum Gasteiger partial charge on any atom is 0.472 e. The van der Waals surface area contributed by atoms with Gasteiger partial charge in [0.2, 0.25) is 0 Å². The van der Waals surface area contributed by atoms with Crippen LogP contribution in [-0.4, -0.2) is 96.7 Å². The number of hydrogen-bond donors (Lipinski definition) is 3. The smallest absolute Gasteiger partial charge is 0.462 e. The molecule has 17 nitrogen and oxygen atoms in total. The summed E-state index contributed by atoms with van der Waals surface area (Å²) in [5.41, 5.74) is 0. The average Bonchev–Trinajstić information content (AvgIpc) is 2.90. The molecule has 2 unspecified atom stereocenters. The summed E-state index contributed by atoms with van der Waals surface area (Å²) < 4.78 is 68.2. The molecule has 0 saturated carbocycles. The van der Waals surface area contributed by atoms with Crippen LogP contribution in [-0.2, 0) is 65.4 Å². The number of phosphoric acid groups is 2. The minimum absolute atomic E-state index is 0.102. The van der Waals surface area contributed by atoms with Crippen molar-refractivity contribution in [1.29, 1.82) is 0 Å². The van der Waals surface area contributed by atoms with Crippen LogP contribution in [0.2, 0.25) is 0 Å². The number of aliphatic hydroxyl groups excluding tert-OH is 1. The van der Waals surface area contributed by atoms with Crippen molar-refractivity contribution >= 4 is 39.5 Å². The summed E-state index contributed by atoms with van der Waals surface area (Å²) in [7, 11) is -9.90. The third-order valence-corrected chi connectivity index (χ3v) is 18.3. The van der Waals surface area contributed by atoms with Gasteiger partial charge in [-0.1, -0.05) is 305 Å². The van der Waals surface area contributed by atoms with Crippen LogP contribution < -0.4 is 0 Å². The lowest BCUT2D eigenvalue weighted by molar-refractivity contribution is -0.161. The normalized spacial score (nSPS) is 14.2. The van der Waals surface area contributed by atoms with Crippen LogP contribution in [0.5, 0.6) is 0 Å². The molecule has 90 heavy (non-hydrogen) atoms. The van der Waals surface area contributed by atoms with Crippen LogP contribution in [0.25, 0.3) is 0 Å². The second-order valence-electron chi connectivity index (χ2n) is 27.1. The van der Waals surface area contributed by atoms with Gasteiger partial charge in [-0.3, -0.25) is 37.3 Å². The minimum Gasteiger partial charge on any atom is -0.462 e. The quantitative estimate of drug-likeness (QED) is 0.0222. The van der Waals surface area contributed by atoms with Crippen molar-refractivity contribution in [1.82, 2.24) is 0 Å². The molecule has 19 heteroatoms. The van der Waals surface area contributed by atoms with E-state index in [4.69, 9.17) is 37.0 Å². The van der Waals surface area contributed by atoms with Crippen molar-refractivity contribution in [3.8, 4) is 0 Å². The Bertz CT molecular complexity index is 1770. The first kappa shape index (κ1) is 88.1. The molecule has 5 atom stereocenters. The van der Waals surface area contributed by atoms with Gasteiger partial charge in [-0.2, -0.15) is 0 Å². The first-order valence-corrected chi connectivity index (χ1v) is 39.8. The van der Waals surface area contributed by atoms with E-state index < -0.39 is 97.5 Å². The summed E-state index contributed by atoms with van der Waals surface area (Å²) >= 11 is 0. The molecule has 0 amide bonds. The first-order valence-electron chi connectivity index (χ1n) is 36.8. The molecule has 0 aromatic rings. The maximum atomic E-state index is 13.0. The van der Waals surface area contributed by atoms with Crippen LogP contribution in [0.3, 0.4) is 0 Å². The van der Waals surface area contributed by atoms with Crippen molar-refractivity contribution in [3.05, 3.63) is 0 Å². The summed E-state index contributed by atoms with van der Waals surface area (Å²) in [6.07, 6.45) is 46.1. The molecule has 534 valence electrons. The van der Waals surface area contributed by atoms with E-state index in [1.165, 1.54) is 167 Å². The number of carbonyl (C=O) groups is 4. The number of rotatable bonds is 69. The average molecular weight is 1330 g/mol. The highest BCUT2D eigenvalue weighted by atomic mass is 31.2. The Labute approximate surface area is 549 Å². The Kier molecular flexibility index (Phi) is 60.6. The highest BCUT2D eigenvalue weighted by Crippen LogP contribution is 2.45. The maximum absolute atomic E-state index is 13.0. The molecule has 0 fully saturated rings. The molecule has 0 heterocycles. The Hall–Kier alpha value is -1.94. The highest BCUT2D eigenvalue weighted by molar-refractivity contribution is 7.47. The van der Waals surface area contributed by atoms with Crippen LogP contribution in [0.4, 0.5) is 0 Å².